The maximum absolute atomic E-state index is 11.7. The second-order valence-corrected chi connectivity index (χ2v) is 5.53. The van der Waals surface area contributed by atoms with Gasteiger partial charge in [-0.05, 0) is 37.3 Å². The highest BCUT2D eigenvalue weighted by Crippen LogP contribution is 2.27. The van der Waals surface area contributed by atoms with Crippen molar-refractivity contribution in [1.82, 2.24) is 0 Å². The first-order valence-electron chi connectivity index (χ1n) is 7.20. The molecule has 0 amide bonds. The molecule has 23 heavy (non-hydrogen) atoms. The molecule has 2 rings (SSSR count). The van der Waals surface area contributed by atoms with Crippen molar-refractivity contribution >= 4 is 35.0 Å². The highest BCUT2D eigenvalue weighted by molar-refractivity contribution is 6.35. The van der Waals surface area contributed by atoms with Gasteiger partial charge in [0.2, 0.25) is 0 Å². The molecule has 0 aliphatic carbocycles. The number of hydrogen-bond donors (Lipinski definition) is 0. The second-order valence-electron chi connectivity index (χ2n) is 4.69. The van der Waals surface area contributed by atoms with Crippen molar-refractivity contribution < 1.29 is 14.3 Å². The Morgan fingerprint density at radius 3 is 2.52 bits per heavy atom. The number of halogens is 2. The predicted octanol–water partition coefficient (Wildman–Crippen LogP) is 5.04. The third kappa shape index (κ3) is 5.34. The van der Waals surface area contributed by atoms with Crippen LogP contribution in [0.25, 0.3) is 0 Å². The van der Waals surface area contributed by atoms with E-state index >= 15 is 0 Å². The summed E-state index contributed by atoms with van der Waals surface area (Å²) in [6.45, 7) is 3.64. The number of likely N-dealkylation sites (N-methyl/N-ethyl adjacent to an activating group) is 1. The number of rotatable bonds is 6. The molecule has 6 heteroatoms. The lowest BCUT2D eigenvalue weighted by Gasteiger charge is -2.22. The summed E-state index contributed by atoms with van der Waals surface area (Å²) in [5, 5.41) is 0.728. The normalized spacial score (nSPS) is 10.2. The van der Waals surface area contributed by atoms with E-state index in [9.17, 15) is 4.79 Å². The number of para-hydroxylation sites is 1. The SMILES string of the molecule is CCN(CCOC(=O)Oc1ccc(Cl)cc1Cl)c1ccccc1. The van der Waals surface area contributed by atoms with Crippen LogP contribution >= 0.6 is 23.2 Å². The zero-order valence-corrected chi connectivity index (χ0v) is 14.2. The lowest BCUT2D eigenvalue weighted by atomic mass is 10.3. The summed E-state index contributed by atoms with van der Waals surface area (Å²) in [7, 11) is 0. The Hall–Kier alpha value is -1.91. The molecule has 0 N–H and O–H groups in total. The number of hydrogen-bond acceptors (Lipinski definition) is 4. The third-order valence-electron chi connectivity index (χ3n) is 3.17. The van der Waals surface area contributed by atoms with Gasteiger partial charge in [0.1, 0.15) is 6.61 Å². The number of carbonyl (C=O) groups is 1. The first-order chi connectivity index (χ1) is 11.1. The Bertz CT molecular complexity index is 650. The fourth-order valence-corrected chi connectivity index (χ4v) is 2.47. The minimum atomic E-state index is -0.793. The largest absolute Gasteiger partial charge is 0.513 e. The van der Waals surface area contributed by atoms with Crippen molar-refractivity contribution in [2.45, 2.75) is 6.92 Å². The van der Waals surface area contributed by atoms with E-state index in [1.807, 2.05) is 37.3 Å². The number of benzene rings is 2. The molecule has 2 aromatic carbocycles. The molecule has 0 aromatic heterocycles. The number of nitrogens with zero attached hydrogens (tertiary/aromatic N) is 1. The summed E-state index contributed by atoms with van der Waals surface area (Å²) in [5.41, 5.74) is 1.08. The van der Waals surface area contributed by atoms with Crippen LogP contribution in [-0.4, -0.2) is 25.9 Å². The number of anilines is 1. The van der Waals surface area contributed by atoms with E-state index in [0.29, 0.717) is 11.6 Å². The Labute approximate surface area is 145 Å². The van der Waals surface area contributed by atoms with Gasteiger partial charge in [-0.25, -0.2) is 4.79 Å². The van der Waals surface area contributed by atoms with Gasteiger partial charge in [0.05, 0.1) is 11.6 Å². The highest BCUT2D eigenvalue weighted by Gasteiger charge is 2.11. The van der Waals surface area contributed by atoms with Crippen LogP contribution in [0.2, 0.25) is 10.0 Å². The Kier molecular flexibility index (Phi) is 6.56. The molecule has 4 nitrogen and oxygen atoms in total. The molecular weight excluding hydrogens is 337 g/mol. The molecule has 0 heterocycles. The Morgan fingerprint density at radius 1 is 1.13 bits per heavy atom. The van der Waals surface area contributed by atoms with Gasteiger partial charge in [0.15, 0.2) is 5.75 Å². The number of ether oxygens (including phenoxy) is 2. The van der Waals surface area contributed by atoms with Crippen molar-refractivity contribution in [3.8, 4) is 5.75 Å². The molecule has 0 fully saturated rings. The maximum atomic E-state index is 11.7. The molecule has 0 aliphatic heterocycles. The van der Waals surface area contributed by atoms with E-state index in [1.165, 1.54) is 12.1 Å². The summed E-state index contributed by atoms with van der Waals surface area (Å²) in [5.74, 6) is 0.219. The van der Waals surface area contributed by atoms with Crippen LogP contribution in [0, 0.1) is 0 Å². The summed E-state index contributed by atoms with van der Waals surface area (Å²) in [6, 6.07) is 14.5. The molecule has 0 atom stereocenters. The fraction of sp³-hybridized carbons (Fsp3) is 0.235. The zero-order valence-electron chi connectivity index (χ0n) is 12.7. The monoisotopic (exact) mass is 353 g/mol. The summed E-state index contributed by atoms with van der Waals surface area (Å²) < 4.78 is 10.1. The highest BCUT2D eigenvalue weighted by atomic mass is 35.5. The smallest absolute Gasteiger partial charge is 0.432 e. The molecule has 2 aromatic rings. The van der Waals surface area contributed by atoms with Gasteiger partial charge in [-0.15, -0.1) is 0 Å². The fourth-order valence-electron chi connectivity index (χ4n) is 2.02. The molecule has 0 spiro atoms. The summed E-state index contributed by atoms with van der Waals surface area (Å²) in [6.07, 6.45) is -0.793. The van der Waals surface area contributed by atoms with Crippen LogP contribution < -0.4 is 9.64 Å². The van der Waals surface area contributed by atoms with Gasteiger partial charge in [-0.3, -0.25) is 0 Å². The van der Waals surface area contributed by atoms with E-state index in [1.54, 1.807) is 6.07 Å². The predicted molar refractivity (Wildman–Crippen MR) is 92.8 cm³/mol. The standard InChI is InChI=1S/C17H17Cl2NO3/c1-2-20(14-6-4-3-5-7-14)10-11-22-17(21)23-16-9-8-13(18)12-15(16)19/h3-9,12H,2,10-11H2,1H3. The summed E-state index contributed by atoms with van der Waals surface area (Å²) >= 11 is 11.7. The van der Waals surface area contributed by atoms with Crippen LogP contribution in [0.15, 0.2) is 48.5 Å². The van der Waals surface area contributed by atoms with E-state index in [-0.39, 0.29) is 17.4 Å². The van der Waals surface area contributed by atoms with Crippen LogP contribution in [0.1, 0.15) is 6.92 Å². The molecule has 122 valence electrons. The topological polar surface area (TPSA) is 38.8 Å². The van der Waals surface area contributed by atoms with Gasteiger partial charge in [-0.2, -0.15) is 0 Å². The van der Waals surface area contributed by atoms with Crippen molar-refractivity contribution in [2.24, 2.45) is 0 Å². The lowest BCUT2D eigenvalue weighted by molar-refractivity contribution is 0.101. The van der Waals surface area contributed by atoms with Crippen molar-refractivity contribution in [1.29, 1.82) is 0 Å². The van der Waals surface area contributed by atoms with E-state index in [2.05, 4.69) is 4.90 Å². The van der Waals surface area contributed by atoms with E-state index in [0.717, 1.165) is 12.2 Å². The summed E-state index contributed by atoms with van der Waals surface area (Å²) in [4.78, 5) is 13.8. The lowest BCUT2D eigenvalue weighted by Crippen LogP contribution is -2.28. The van der Waals surface area contributed by atoms with Crippen LogP contribution in [0.4, 0.5) is 10.5 Å². The first-order valence-corrected chi connectivity index (χ1v) is 7.95. The minimum absolute atomic E-state index is 0.215. The molecule has 0 saturated heterocycles. The van der Waals surface area contributed by atoms with Gasteiger partial charge < -0.3 is 14.4 Å². The third-order valence-corrected chi connectivity index (χ3v) is 3.70. The van der Waals surface area contributed by atoms with Crippen molar-refractivity contribution in [2.75, 3.05) is 24.6 Å². The van der Waals surface area contributed by atoms with Gasteiger partial charge in [0.25, 0.3) is 0 Å². The molecule has 0 radical (unpaired) electrons. The Balaban J connectivity index is 1.82. The average Bonchev–Trinajstić information content (AvgIpc) is 2.55. The van der Waals surface area contributed by atoms with Gasteiger partial charge in [-0.1, -0.05) is 41.4 Å². The average molecular weight is 354 g/mol. The number of carbonyl (C=O) groups excluding carboxylic acids is 1. The maximum Gasteiger partial charge on any atom is 0.513 e. The molecular formula is C17H17Cl2NO3. The minimum Gasteiger partial charge on any atom is -0.432 e. The zero-order chi connectivity index (χ0) is 16.7. The van der Waals surface area contributed by atoms with E-state index < -0.39 is 6.16 Å². The van der Waals surface area contributed by atoms with E-state index in [4.69, 9.17) is 32.7 Å². The molecule has 0 bridgehead atoms. The quantitative estimate of drug-likeness (QED) is 0.538. The first kappa shape index (κ1) is 17.4. The molecule has 0 saturated carbocycles. The second kappa shape index (κ2) is 8.65. The van der Waals surface area contributed by atoms with Gasteiger partial charge in [0, 0.05) is 17.3 Å². The molecule has 0 unspecified atom stereocenters. The van der Waals surface area contributed by atoms with Crippen LogP contribution in [-0.2, 0) is 4.74 Å². The van der Waals surface area contributed by atoms with Gasteiger partial charge >= 0.3 is 6.16 Å². The van der Waals surface area contributed by atoms with Crippen molar-refractivity contribution in [3.63, 3.8) is 0 Å². The van der Waals surface area contributed by atoms with Crippen LogP contribution in [0.5, 0.6) is 5.75 Å². The molecule has 0 aliphatic rings. The van der Waals surface area contributed by atoms with Crippen LogP contribution in [0.3, 0.4) is 0 Å². The Morgan fingerprint density at radius 2 is 1.87 bits per heavy atom. The van der Waals surface area contributed by atoms with Crippen molar-refractivity contribution in [3.05, 3.63) is 58.6 Å².